The molecular formula is C14H20N2O2. The molecule has 1 saturated carbocycles. The van der Waals surface area contributed by atoms with Crippen molar-refractivity contribution in [1.29, 1.82) is 0 Å². The van der Waals surface area contributed by atoms with Gasteiger partial charge >= 0.3 is 0 Å². The zero-order valence-electron chi connectivity index (χ0n) is 10.7. The summed E-state index contributed by atoms with van der Waals surface area (Å²) in [6, 6.07) is 7.30. The summed E-state index contributed by atoms with van der Waals surface area (Å²) in [6.07, 6.45) is 2.34. The van der Waals surface area contributed by atoms with Crippen LogP contribution in [0, 0.1) is 5.92 Å². The van der Waals surface area contributed by atoms with Crippen molar-refractivity contribution in [3.05, 3.63) is 29.8 Å². The van der Waals surface area contributed by atoms with Crippen molar-refractivity contribution >= 4 is 5.91 Å². The highest BCUT2D eigenvalue weighted by Crippen LogP contribution is 2.32. The normalized spacial score (nSPS) is 16.1. The average molecular weight is 248 g/mol. The maximum atomic E-state index is 12.0. The third kappa shape index (κ3) is 3.23. The molecule has 3 N–H and O–H groups in total. The van der Waals surface area contributed by atoms with Gasteiger partial charge < -0.3 is 15.8 Å². The predicted molar refractivity (Wildman–Crippen MR) is 70.6 cm³/mol. The number of carbonyl (C=O) groups is 1. The fourth-order valence-corrected chi connectivity index (χ4v) is 1.99. The smallest absolute Gasteiger partial charge is 0.251 e. The molecule has 0 heterocycles. The topological polar surface area (TPSA) is 64.3 Å². The number of rotatable bonds is 6. The second-order valence-corrected chi connectivity index (χ2v) is 4.61. The standard InChI is InChI=1S/C14H20N2O2/c1-2-18-12-7-5-11(6-8-12)14(17)16-13(9-15)10-3-4-10/h5-8,10,13H,2-4,9,15H2,1H3,(H,16,17). The van der Waals surface area contributed by atoms with Crippen LogP contribution in [0.15, 0.2) is 24.3 Å². The van der Waals surface area contributed by atoms with Gasteiger partial charge in [-0.05, 0) is 49.9 Å². The fourth-order valence-electron chi connectivity index (χ4n) is 1.99. The van der Waals surface area contributed by atoms with E-state index in [-0.39, 0.29) is 11.9 Å². The molecule has 18 heavy (non-hydrogen) atoms. The van der Waals surface area contributed by atoms with Crippen LogP contribution in [0.3, 0.4) is 0 Å². The first-order valence-electron chi connectivity index (χ1n) is 6.48. The Morgan fingerprint density at radius 2 is 2.11 bits per heavy atom. The van der Waals surface area contributed by atoms with E-state index in [1.54, 1.807) is 12.1 Å². The van der Waals surface area contributed by atoms with Crippen LogP contribution in [0.5, 0.6) is 5.75 Å². The Balaban J connectivity index is 1.95. The van der Waals surface area contributed by atoms with Crippen LogP contribution in [0.2, 0.25) is 0 Å². The molecule has 0 saturated heterocycles. The molecule has 2 rings (SSSR count). The quantitative estimate of drug-likeness (QED) is 0.803. The van der Waals surface area contributed by atoms with Crippen molar-refractivity contribution in [2.24, 2.45) is 11.7 Å². The van der Waals surface area contributed by atoms with Gasteiger partial charge in [-0.2, -0.15) is 0 Å². The van der Waals surface area contributed by atoms with Crippen molar-refractivity contribution < 1.29 is 9.53 Å². The van der Waals surface area contributed by atoms with Crippen LogP contribution in [0.4, 0.5) is 0 Å². The molecule has 1 aliphatic carbocycles. The lowest BCUT2D eigenvalue weighted by Crippen LogP contribution is -2.41. The molecular weight excluding hydrogens is 228 g/mol. The van der Waals surface area contributed by atoms with Gasteiger partial charge in [0.15, 0.2) is 0 Å². The van der Waals surface area contributed by atoms with Gasteiger partial charge in [-0.3, -0.25) is 4.79 Å². The summed E-state index contributed by atoms with van der Waals surface area (Å²) in [6.45, 7) is 3.07. The molecule has 0 aliphatic heterocycles. The molecule has 98 valence electrons. The van der Waals surface area contributed by atoms with Crippen LogP contribution in [0.1, 0.15) is 30.1 Å². The number of nitrogens with one attached hydrogen (secondary N) is 1. The van der Waals surface area contributed by atoms with E-state index < -0.39 is 0 Å². The summed E-state index contributed by atoms with van der Waals surface area (Å²) in [7, 11) is 0. The molecule has 1 unspecified atom stereocenters. The van der Waals surface area contributed by atoms with E-state index in [1.165, 1.54) is 12.8 Å². The van der Waals surface area contributed by atoms with Gasteiger partial charge in [0.2, 0.25) is 0 Å². The fraction of sp³-hybridized carbons (Fsp3) is 0.500. The minimum atomic E-state index is -0.0552. The lowest BCUT2D eigenvalue weighted by molar-refractivity contribution is 0.0933. The number of carbonyl (C=O) groups excluding carboxylic acids is 1. The Morgan fingerprint density at radius 1 is 1.44 bits per heavy atom. The minimum Gasteiger partial charge on any atom is -0.494 e. The molecule has 1 fully saturated rings. The van der Waals surface area contributed by atoms with Crippen LogP contribution >= 0.6 is 0 Å². The Bertz CT molecular complexity index is 399. The molecule has 0 aromatic heterocycles. The van der Waals surface area contributed by atoms with Gasteiger partial charge in [-0.1, -0.05) is 0 Å². The number of hydrogen-bond donors (Lipinski definition) is 2. The van der Waals surface area contributed by atoms with E-state index in [1.807, 2.05) is 19.1 Å². The maximum Gasteiger partial charge on any atom is 0.251 e. The largest absolute Gasteiger partial charge is 0.494 e. The highest BCUT2D eigenvalue weighted by molar-refractivity contribution is 5.94. The molecule has 0 radical (unpaired) electrons. The molecule has 1 aromatic rings. The summed E-state index contributed by atoms with van der Waals surface area (Å²) in [4.78, 5) is 12.0. The lowest BCUT2D eigenvalue weighted by Gasteiger charge is -2.16. The van der Waals surface area contributed by atoms with Crippen molar-refractivity contribution in [3.63, 3.8) is 0 Å². The van der Waals surface area contributed by atoms with E-state index in [0.717, 1.165) is 5.75 Å². The molecule has 4 nitrogen and oxygen atoms in total. The molecule has 0 spiro atoms. The molecule has 0 bridgehead atoms. The lowest BCUT2D eigenvalue weighted by atomic mass is 10.1. The summed E-state index contributed by atoms with van der Waals surface area (Å²) in [5.74, 6) is 1.30. The van der Waals surface area contributed by atoms with Gasteiger partial charge in [0.05, 0.1) is 6.61 Å². The predicted octanol–water partition coefficient (Wildman–Crippen LogP) is 1.55. The van der Waals surface area contributed by atoms with Gasteiger partial charge in [-0.25, -0.2) is 0 Å². The Labute approximate surface area is 108 Å². The molecule has 1 aromatic carbocycles. The van der Waals surface area contributed by atoms with E-state index in [2.05, 4.69) is 5.32 Å². The van der Waals surface area contributed by atoms with Crippen molar-refractivity contribution in [3.8, 4) is 5.75 Å². The van der Waals surface area contributed by atoms with Crippen molar-refractivity contribution in [2.75, 3.05) is 13.2 Å². The first-order chi connectivity index (χ1) is 8.74. The maximum absolute atomic E-state index is 12.0. The summed E-state index contributed by atoms with van der Waals surface area (Å²) >= 11 is 0. The Hall–Kier alpha value is -1.55. The number of nitrogens with two attached hydrogens (primary N) is 1. The monoisotopic (exact) mass is 248 g/mol. The summed E-state index contributed by atoms with van der Waals surface area (Å²) in [5, 5.41) is 2.99. The zero-order valence-corrected chi connectivity index (χ0v) is 10.7. The van der Waals surface area contributed by atoms with E-state index >= 15 is 0 Å². The van der Waals surface area contributed by atoms with Crippen LogP contribution in [-0.4, -0.2) is 25.1 Å². The summed E-state index contributed by atoms with van der Waals surface area (Å²) < 4.78 is 5.34. The highest BCUT2D eigenvalue weighted by atomic mass is 16.5. The zero-order chi connectivity index (χ0) is 13.0. The second kappa shape index (κ2) is 5.87. The second-order valence-electron chi connectivity index (χ2n) is 4.61. The van der Waals surface area contributed by atoms with Crippen molar-refractivity contribution in [2.45, 2.75) is 25.8 Å². The van der Waals surface area contributed by atoms with Gasteiger partial charge in [0.25, 0.3) is 5.91 Å². The van der Waals surface area contributed by atoms with Gasteiger partial charge in [0, 0.05) is 18.2 Å². The van der Waals surface area contributed by atoms with Gasteiger partial charge in [0.1, 0.15) is 5.75 Å². The van der Waals surface area contributed by atoms with Crippen LogP contribution in [0.25, 0.3) is 0 Å². The highest BCUT2D eigenvalue weighted by Gasteiger charge is 2.31. The van der Waals surface area contributed by atoms with E-state index in [4.69, 9.17) is 10.5 Å². The van der Waals surface area contributed by atoms with Crippen molar-refractivity contribution in [1.82, 2.24) is 5.32 Å². The van der Waals surface area contributed by atoms with E-state index in [9.17, 15) is 4.79 Å². The van der Waals surface area contributed by atoms with E-state index in [0.29, 0.717) is 24.6 Å². The molecule has 1 amide bonds. The SMILES string of the molecule is CCOc1ccc(C(=O)NC(CN)C2CC2)cc1. The number of benzene rings is 1. The average Bonchev–Trinajstić information content (AvgIpc) is 3.21. The summed E-state index contributed by atoms with van der Waals surface area (Å²) in [5.41, 5.74) is 6.32. The van der Waals surface area contributed by atoms with Crippen LogP contribution in [-0.2, 0) is 0 Å². The number of hydrogen-bond acceptors (Lipinski definition) is 3. The molecule has 1 atom stereocenters. The first kappa shape index (κ1) is 12.9. The Morgan fingerprint density at radius 3 is 2.61 bits per heavy atom. The first-order valence-corrected chi connectivity index (χ1v) is 6.48. The third-order valence-electron chi connectivity index (χ3n) is 3.19. The molecule has 4 heteroatoms. The number of ether oxygens (including phenoxy) is 1. The van der Waals surface area contributed by atoms with Crippen LogP contribution < -0.4 is 15.8 Å². The third-order valence-corrected chi connectivity index (χ3v) is 3.19. The molecule has 1 aliphatic rings. The number of amides is 1. The minimum absolute atomic E-state index is 0.0552. The Kier molecular flexibility index (Phi) is 4.20. The van der Waals surface area contributed by atoms with Gasteiger partial charge in [-0.15, -0.1) is 0 Å².